The molecule has 98 valence electrons. The highest BCUT2D eigenvalue weighted by Gasteiger charge is 2.19. The van der Waals surface area contributed by atoms with Gasteiger partial charge >= 0.3 is 0 Å². The molecular weight excluding hydrogens is 224 g/mol. The Hall–Kier alpha value is -1.32. The van der Waals surface area contributed by atoms with E-state index >= 15 is 0 Å². The molecule has 0 amide bonds. The van der Waals surface area contributed by atoms with Gasteiger partial charge in [0.15, 0.2) is 0 Å². The van der Waals surface area contributed by atoms with Gasteiger partial charge in [0, 0.05) is 28.7 Å². The Bertz CT molecular complexity index is 564. The third kappa shape index (κ3) is 2.16. The van der Waals surface area contributed by atoms with Crippen LogP contribution in [0, 0.1) is 6.92 Å². The molecule has 4 N–H and O–H groups in total. The number of aromatic nitrogens is 1. The van der Waals surface area contributed by atoms with Crippen molar-refractivity contribution in [1.82, 2.24) is 4.98 Å². The van der Waals surface area contributed by atoms with E-state index in [1.54, 1.807) is 0 Å². The van der Waals surface area contributed by atoms with Crippen LogP contribution in [0.25, 0.3) is 10.9 Å². The normalized spacial score (nSPS) is 14.1. The van der Waals surface area contributed by atoms with E-state index in [1.807, 2.05) is 6.92 Å². The Morgan fingerprint density at radius 3 is 2.56 bits per heavy atom. The minimum Gasteiger partial charge on any atom is -0.387 e. The molecule has 0 aliphatic rings. The molecular formula is C15H22N2O. The third-order valence-electron chi connectivity index (χ3n) is 3.46. The Morgan fingerprint density at radius 1 is 1.33 bits per heavy atom. The zero-order chi connectivity index (χ0) is 13.5. The van der Waals surface area contributed by atoms with Crippen molar-refractivity contribution in [2.24, 2.45) is 5.73 Å². The van der Waals surface area contributed by atoms with E-state index in [4.69, 9.17) is 5.73 Å². The lowest BCUT2D eigenvalue weighted by Gasteiger charge is -2.19. The van der Waals surface area contributed by atoms with Crippen molar-refractivity contribution in [2.75, 3.05) is 6.54 Å². The fourth-order valence-electron chi connectivity index (χ4n) is 2.36. The highest BCUT2D eigenvalue weighted by Crippen LogP contribution is 2.31. The Labute approximate surface area is 108 Å². The zero-order valence-electron chi connectivity index (χ0n) is 11.5. The topological polar surface area (TPSA) is 62.0 Å². The van der Waals surface area contributed by atoms with E-state index in [0.29, 0.717) is 0 Å². The summed E-state index contributed by atoms with van der Waals surface area (Å²) in [5.74, 6) is 0. The van der Waals surface area contributed by atoms with Crippen LogP contribution in [0.1, 0.15) is 43.7 Å². The summed E-state index contributed by atoms with van der Waals surface area (Å²) >= 11 is 0. The number of aryl methyl sites for hydroxylation is 1. The molecule has 1 aromatic heterocycles. The number of aliphatic hydroxyl groups is 1. The summed E-state index contributed by atoms with van der Waals surface area (Å²) in [5.41, 5.74) is 9.93. The molecule has 1 atom stereocenters. The fourth-order valence-corrected chi connectivity index (χ4v) is 2.36. The van der Waals surface area contributed by atoms with Crippen LogP contribution >= 0.6 is 0 Å². The van der Waals surface area contributed by atoms with Crippen molar-refractivity contribution in [2.45, 2.75) is 39.2 Å². The Balaban J connectivity index is 2.67. The fraction of sp³-hybridized carbons (Fsp3) is 0.467. The summed E-state index contributed by atoms with van der Waals surface area (Å²) in [6.07, 6.45) is -0.603. The maximum Gasteiger partial charge on any atom is 0.0935 e. The minimum absolute atomic E-state index is 0.101. The maximum atomic E-state index is 10.0. The van der Waals surface area contributed by atoms with Crippen LogP contribution in [-0.2, 0) is 5.41 Å². The number of aliphatic hydroxyl groups excluding tert-OH is 1. The lowest BCUT2D eigenvalue weighted by Crippen LogP contribution is -2.13. The van der Waals surface area contributed by atoms with Crippen LogP contribution in [0.15, 0.2) is 18.2 Å². The van der Waals surface area contributed by atoms with Gasteiger partial charge in [-0.3, -0.25) is 0 Å². The first kappa shape index (κ1) is 13.1. The summed E-state index contributed by atoms with van der Waals surface area (Å²) < 4.78 is 0. The van der Waals surface area contributed by atoms with E-state index < -0.39 is 6.10 Å². The number of rotatable bonds is 2. The molecule has 0 aliphatic carbocycles. The van der Waals surface area contributed by atoms with Crippen LogP contribution in [0.3, 0.4) is 0 Å². The van der Waals surface area contributed by atoms with Gasteiger partial charge in [-0.2, -0.15) is 0 Å². The van der Waals surface area contributed by atoms with Gasteiger partial charge in [-0.05, 0) is 30.0 Å². The molecule has 0 aliphatic heterocycles. The van der Waals surface area contributed by atoms with Gasteiger partial charge in [0.05, 0.1) is 6.10 Å². The van der Waals surface area contributed by atoms with Crippen molar-refractivity contribution in [1.29, 1.82) is 0 Å². The quantitative estimate of drug-likeness (QED) is 0.763. The first-order valence-electron chi connectivity index (χ1n) is 6.35. The average Bonchev–Trinajstić information content (AvgIpc) is 2.61. The number of nitrogens with two attached hydrogens (primary N) is 1. The van der Waals surface area contributed by atoms with Crippen molar-refractivity contribution < 1.29 is 5.11 Å². The second kappa shape index (κ2) is 4.41. The standard InChI is InChI=1S/C15H22N2O/c1-9-14(13(18)8-16)11-7-10(15(2,3)4)5-6-12(11)17-9/h5-7,13,17-18H,8,16H2,1-4H3. The maximum absolute atomic E-state index is 10.0. The van der Waals surface area contributed by atoms with Crippen LogP contribution in [0.2, 0.25) is 0 Å². The van der Waals surface area contributed by atoms with Gasteiger partial charge in [0.2, 0.25) is 0 Å². The summed E-state index contributed by atoms with van der Waals surface area (Å²) in [6.45, 7) is 8.78. The summed E-state index contributed by atoms with van der Waals surface area (Å²) in [5, 5.41) is 11.1. The van der Waals surface area contributed by atoms with E-state index in [0.717, 1.165) is 22.2 Å². The molecule has 0 bridgehead atoms. The molecule has 3 heteroatoms. The van der Waals surface area contributed by atoms with E-state index in [2.05, 4.69) is 44.0 Å². The molecule has 0 spiro atoms. The molecule has 0 radical (unpaired) electrons. The van der Waals surface area contributed by atoms with Crippen LogP contribution < -0.4 is 5.73 Å². The molecule has 1 aromatic carbocycles. The predicted molar refractivity (Wildman–Crippen MR) is 75.7 cm³/mol. The monoisotopic (exact) mass is 246 g/mol. The second-order valence-electron chi connectivity index (χ2n) is 5.93. The summed E-state index contributed by atoms with van der Waals surface area (Å²) in [6, 6.07) is 6.37. The minimum atomic E-state index is -0.603. The number of aromatic amines is 1. The first-order valence-corrected chi connectivity index (χ1v) is 6.35. The molecule has 0 saturated heterocycles. The van der Waals surface area contributed by atoms with E-state index in [9.17, 15) is 5.11 Å². The second-order valence-corrected chi connectivity index (χ2v) is 5.93. The van der Waals surface area contributed by atoms with Gasteiger partial charge in [-0.25, -0.2) is 0 Å². The lowest BCUT2D eigenvalue weighted by molar-refractivity contribution is 0.187. The molecule has 3 nitrogen and oxygen atoms in total. The molecule has 18 heavy (non-hydrogen) atoms. The van der Waals surface area contributed by atoms with Crippen molar-refractivity contribution in [3.05, 3.63) is 35.0 Å². The van der Waals surface area contributed by atoms with Gasteiger partial charge in [0.1, 0.15) is 0 Å². The van der Waals surface area contributed by atoms with Gasteiger partial charge in [0.25, 0.3) is 0 Å². The van der Waals surface area contributed by atoms with Gasteiger partial charge < -0.3 is 15.8 Å². The van der Waals surface area contributed by atoms with Gasteiger partial charge in [-0.1, -0.05) is 26.8 Å². The Kier molecular flexibility index (Phi) is 3.21. The van der Waals surface area contributed by atoms with E-state index in [1.165, 1.54) is 5.56 Å². The number of H-pyrrole nitrogens is 1. The van der Waals surface area contributed by atoms with Crippen LogP contribution in [-0.4, -0.2) is 16.6 Å². The summed E-state index contributed by atoms with van der Waals surface area (Å²) in [4.78, 5) is 3.31. The Morgan fingerprint density at radius 2 is 2.00 bits per heavy atom. The van der Waals surface area contributed by atoms with Crippen LogP contribution in [0.4, 0.5) is 0 Å². The number of hydrogen-bond acceptors (Lipinski definition) is 2. The predicted octanol–water partition coefficient (Wildman–Crippen LogP) is 2.77. The highest BCUT2D eigenvalue weighted by atomic mass is 16.3. The van der Waals surface area contributed by atoms with Crippen molar-refractivity contribution in [3.8, 4) is 0 Å². The van der Waals surface area contributed by atoms with Crippen molar-refractivity contribution in [3.63, 3.8) is 0 Å². The summed E-state index contributed by atoms with van der Waals surface area (Å²) in [7, 11) is 0. The molecule has 1 heterocycles. The molecule has 0 fully saturated rings. The van der Waals surface area contributed by atoms with Crippen LogP contribution in [0.5, 0.6) is 0 Å². The molecule has 2 rings (SSSR count). The molecule has 0 saturated carbocycles. The first-order chi connectivity index (χ1) is 8.34. The smallest absolute Gasteiger partial charge is 0.0935 e. The molecule has 2 aromatic rings. The lowest BCUT2D eigenvalue weighted by atomic mass is 9.86. The van der Waals surface area contributed by atoms with Crippen molar-refractivity contribution >= 4 is 10.9 Å². The number of fused-ring (bicyclic) bond motifs is 1. The van der Waals surface area contributed by atoms with E-state index in [-0.39, 0.29) is 12.0 Å². The number of benzene rings is 1. The zero-order valence-corrected chi connectivity index (χ0v) is 11.5. The number of nitrogens with one attached hydrogen (secondary N) is 1. The SMILES string of the molecule is Cc1[nH]c2ccc(C(C)(C)C)cc2c1C(O)CN. The van der Waals surface area contributed by atoms with Gasteiger partial charge in [-0.15, -0.1) is 0 Å². The molecule has 1 unspecified atom stereocenters. The average molecular weight is 246 g/mol. The third-order valence-corrected chi connectivity index (χ3v) is 3.46. The highest BCUT2D eigenvalue weighted by molar-refractivity contribution is 5.86. The number of hydrogen-bond donors (Lipinski definition) is 3. The largest absolute Gasteiger partial charge is 0.387 e.